The Balaban J connectivity index is 0.00000289. The number of rotatable bonds is 9. The largest absolute Gasteiger partial charge is 0.313 e. The van der Waals surface area contributed by atoms with Crippen molar-refractivity contribution in [1.82, 2.24) is 5.32 Å². The standard InChI is InChI=1S/C15H24ClN.ClH/c1-2-3-4-5-6-9-12-17-13-14-10-7-8-11-15(14)16;/h7-8,10-11,17H,2-6,9,12-13H2,1H3;1H. The number of hydrogen-bond donors (Lipinski definition) is 1. The van der Waals surface area contributed by atoms with Gasteiger partial charge < -0.3 is 5.32 Å². The monoisotopic (exact) mass is 289 g/mol. The lowest BCUT2D eigenvalue weighted by molar-refractivity contribution is 0.572. The quantitative estimate of drug-likeness (QED) is 0.615. The first-order chi connectivity index (χ1) is 8.34. The molecule has 0 spiro atoms. The van der Waals surface area contributed by atoms with Crippen LogP contribution in [0.1, 0.15) is 51.0 Å². The molecule has 3 heteroatoms. The van der Waals surface area contributed by atoms with Crippen LogP contribution < -0.4 is 5.32 Å². The summed E-state index contributed by atoms with van der Waals surface area (Å²) >= 11 is 6.08. The van der Waals surface area contributed by atoms with Gasteiger partial charge in [0.2, 0.25) is 0 Å². The van der Waals surface area contributed by atoms with Crippen LogP contribution in [0.15, 0.2) is 24.3 Å². The van der Waals surface area contributed by atoms with E-state index in [0.717, 1.165) is 18.1 Å². The van der Waals surface area contributed by atoms with Gasteiger partial charge in [0.05, 0.1) is 0 Å². The summed E-state index contributed by atoms with van der Waals surface area (Å²) in [6.07, 6.45) is 8.09. The molecule has 1 rings (SSSR count). The van der Waals surface area contributed by atoms with E-state index >= 15 is 0 Å². The second-order valence-corrected chi connectivity index (χ2v) is 4.94. The van der Waals surface area contributed by atoms with Crippen LogP contribution in [0.5, 0.6) is 0 Å². The minimum Gasteiger partial charge on any atom is -0.313 e. The fourth-order valence-corrected chi connectivity index (χ4v) is 2.10. The predicted molar refractivity (Wildman–Crippen MR) is 83.8 cm³/mol. The summed E-state index contributed by atoms with van der Waals surface area (Å²) in [5.41, 5.74) is 1.19. The topological polar surface area (TPSA) is 12.0 Å². The highest BCUT2D eigenvalue weighted by Gasteiger charge is 1.97. The average molecular weight is 290 g/mol. The molecule has 0 aliphatic heterocycles. The lowest BCUT2D eigenvalue weighted by Gasteiger charge is -2.06. The third kappa shape index (κ3) is 7.97. The SMILES string of the molecule is CCCCCCCCNCc1ccccc1Cl.Cl. The molecular formula is C15H25Cl2N. The molecule has 0 saturated carbocycles. The Morgan fingerprint density at radius 2 is 1.67 bits per heavy atom. The molecule has 1 aromatic carbocycles. The molecule has 0 fully saturated rings. The summed E-state index contributed by atoms with van der Waals surface area (Å²) < 4.78 is 0. The molecule has 104 valence electrons. The van der Waals surface area contributed by atoms with Gasteiger partial charge >= 0.3 is 0 Å². The minimum atomic E-state index is 0. The Bertz CT molecular complexity index is 302. The van der Waals surface area contributed by atoms with E-state index in [4.69, 9.17) is 11.6 Å². The van der Waals surface area contributed by atoms with Crippen molar-refractivity contribution in [3.8, 4) is 0 Å². The predicted octanol–water partition coefficient (Wildman–Crippen LogP) is 5.21. The van der Waals surface area contributed by atoms with E-state index in [0.29, 0.717) is 0 Å². The zero-order valence-corrected chi connectivity index (χ0v) is 12.8. The number of halogens is 2. The van der Waals surface area contributed by atoms with E-state index in [1.807, 2.05) is 18.2 Å². The van der Waals surface area contributed by atoms with Gasteiger partial charge in [-0.1, -0.05) is 68.8 Å². The van der Waals surface area contributed by atoms with Crippen LogP contribution in [0.3, 0.4) is 0 Å². The van der Waals surface area contributed by atoms with Crippen LogP contribution in [-0.2, 0) is 6.54 Å². The fraction of sp³-hybridized carbons (Fsp3) is 0.600. The molecule has 1 nitrogen and oxygen atoms in total. The summed E-state index contributed by atoms with van der Waals surface area (Å²) in [7, 11) is 0. The number of unbranched alkanes of at least 4 members (excludes halogenated alkanes) is 5. The highest BCUT2D eigenvalue weighted by Crippen LogP contribution is 2.14. The van der Waals surface area contributed by atoms with Crippen LogP contribution in [0.25, 0.3) is 0 Å². The number of nitrogens with one attached hydrogen (secondary N) is 1. The molecule has 0 bridgehead atoms. The van der Waals surface area contributed by atoms with Gasteiger partial charge in [-0.3, -0.25) is 0 Å². The smallest absolute Gasteiger partial charge is 0.0450 e. The van der Waals surface area contributed by atoms with Gasteiger partial charge in [-0.15, -0.1) is 12.4 Å². The van der Waals surface area contributed by atoms with Crippen LogP contribution >= 0.6 is 24.0 Å². The van der Waals surface area contributed by atoms with Crippen molar-refractivity contribution in [2.75, 3.05) is 6.54 Å². The van der Waals surface area contributed by atoms with Gasteiger partial charge in [-0.2, -0.15) is 0 Å². The summed E-state index contributed by atoms with van der Waals surface area (Å²) in [6, 6.07) is 8.03. The summed E-state index contributed by atoms with van der Waals surface area (Å²) in [5, 5.41) is 4.31. The van der Waals surface area contributed by atoms with Gasteiger partial charge in [-0.05, 0) is 24.6 Å². The van der Waals surface area contributed by atoms with Crippen molar-refractivity contribution in [2.45, 2.75) is 52.0 Å². The minimum absolute atomic E-state index is 0. The Kier molecular flexibility index (Phi) is 11.7. The number of hydrogen-bond acceptors (Lipinski definition) is 1. The molecule has 0 saturated heterocycles. The van der Waals surface area contributed by atoms with Crippen LogP contribution in [0, 0.1) is 0 Å². The summed E-state index contributed by atoms with van der Waals surface area (Å²) in [4.78, 5) is 0. The first-order valence-corrected chi connectivity index (χ1v) is 7.16. The van der Waals surface area contributed by atoms with E-state index in [9.17, 15) is 0 Å². The molecule has 18 heavy (non-hydrogen) atoms. The number of benzene rings is 1. The van der Waals surface area contributed by atoms with Crippen molar-refractivity contribution in [3.63, 3.8) is 0 Å². The summed E-state index contributed by atoms with van der Waals surface area (Å²) in [5.74, 6) is 0. The molecule has 0 aliphatic rings. The van der Waals surface area contributed by atoms with Crippen LogP contribution in [0.2, 0.25) is 5.02 Å². The maximum absolute atomic E-state index is 6.08. The normalized spacial score (nSPS) is 10.1. The van der Waals surface area contributed by atoms with Crippen molar-refractivity contribution >= 4 is 24.0 Å². The lowest BCUT2D eigenvalue weighted by Crippen LogP contribution is -2.14. The molecule has 0 unspecified atom stereocenters. The second kappa shape index (κ2) is 11.8. The molecule has 1 N–H and O–H groups in total. The van der Waals surface area contributed by atoms with Crippen molar-refractivity contribution in [2.24, 2.45) is 0 Å². The van der Waals surface area contributed by atoms with Crippen molar-refractivity contribution < 1.29 is 0 Å². The van der Waals surface area contributed by atoms with E-state index in [2.05, 4.69) is 18.3 Å². The Morgan fingerprint density at radius 1 is 1.00 bits per heavy atom. The van der Waals surface area contributed by atoms with E-state index in [1.54, 1.807) is 0 Å². The van der Waals surface area contributed by atoms with Gasteiger partial charge in [0.15, 0.2) is 0 Å². The van der Waals surface area contributed by atoms with Crippen molar-refractivity contribution in [3.05, 3.63) is 34.9 Å². The van der Waals surface area contributed by atoms with E-state index in [1.165, 1.54) is 44.1 Å². The zero-order valence-electron chi connectivity index (χ0n) is 11.3. The third-order valence-corrected chi connectivity index (χ3v) is 3.35. The Labute approximate surface area is 123 Å². The fourth-order valence-electron chi connectivity index (χ4n) is 1.90. The highest BCUT2D eigenvalue weighted by molar-refractivity contribution is 6.31. The molecule has 0 heterocycles. The molecular weight excluding hydrogens is 265 g/mol. The second-order valence-electron chi connectivity index (χ2n) is 4.54. The van der Waals surface area contributed by atoms with Crippen molar-refractivity contribution in [1.29, 1.82) is 0 Å². The molecule has 0 radical (unpaired) electrons. The highest BCUT2D eigenvalue weighted by atomic mass is 35.5. The van der Waals surface area contributed by atoms with E-state index in [-0.39, 0.29) is 12.4 Å². The third-order valence-electron chi connectivity index (χ3n) is 2.98. The van der Waals surface area contributed by atoms with Gasteiger partial charge in [-0.25, -0.2) is 0 Å². The average Bonchev–Trinajstić information content (AvgIpc) is 2.35. The van der Waals surface area contributed by atoms with Crippen LogP contribution in [0.4, 0.5) is 0 Å². The first-order valence-electron chi connectivity index (χ1n) is 6.78. The maximum Gasteiger partial charge on any atom is 0.0450 e. The van der Waals surface area contributed by atoms with Crippen LogP contribution in [-0.4, -0.2) is 6.54 Å². The summed E-state index contributed by atoms with van der Waals surface area (Å²) in [6.45, 7) is 4.23. The lowest BCUT2D eigenvalue weighted by atomic mass is 10.1. The Hall–Kier alpha value is -0.240. The molecule has 0 aliphatic carbocycles. The van der Waals surface area contributed by atoms with E-state index < -0.39 is 0 Å². The molecule has 0 amide bonds. The molecule has 0 atom stereocenters. The van der Waals surface area contributed by atoms with Gasteiger partial charge in [0.25, 0.3) is 0 Å². The molecule has 1 aromatic rings. The maximum atomic E-state index is 6.08. The first kappa shape index (κ1) is 17.8. The van der Waals surface area contributed by atoms with Gasteiger partial charge in [0.1, 0.15) is 0 Å². The zero-order chi connectivity index (χ0) is 12.3. The Morgan fingerprint density at radius 3 is 2.39 bits per heavy atom. The van der Waals surface area contributed by atoms with Gasteiger partial charge in [0, 0.05) is 11.6 Å². The molecule has 0 aromatic heterocycles.